The molecule has 0 bridgehead atoms. The molecule has 0 fully saturated rings. The number of rotatable bonds is 5. The number of fused-ring (bicyclic) bond motifs is 1. The van der Waals surface area contributed by atoms with Gasteiger partial charge in [0.2, 0.25) is 0 Å². The molecule has 1 atom stereocenters. The highest BCUT2D eigenvalue weighted by Gasteiger charge is 2.16. The van der Waals surface area contributed by atoms with Crippen LogP contribution in [-0.2, 0) is 0 Å². The highest BCUT2D eigenvalue weighted by atomic mass is 32.1. The summed E-state index contributed by atoms with van der Waals surface area (Å²) < 4.78 is 5.23. The summed E-state index contributed by atoms with van der Waals surface area (Å²) >= 11 is 1.32. The Morgan fingerprint density at radius 1 is 1.17 bits per heavy atom. The summed E-state index contributed by atoms with van der Waals surface area (Å²) in [5.74, 6) is -0.0134. The minimum absolute atomic E-state index is 0.0432. The van der Waals surface area contributed by atoms with E-state index in [1.165, 1.54) is 16.9 Å². The van der Waals surface area contributed by atoms with Gasteiger partial charge in [-0.1, -0.05) is 56.3 Å². The number of benzene rings is 2. The van der Waals surface area contributed by atoms with E-state index in [9.17, 15) is 9.59 Å². The van der Waals surface area contributed by atoms with Gasteiger partial charge in [-0.15, -0.1) is 11.3 Å². The fourth-order valence-electron chi connectivity index (χ4n) is 3.07. The van der Waals surface area contributed by atoms with Gasteiger partial charge in [-0.3, -0.25) is 10.1 Å². The van der Waals surface area contributed by atoms with Crippen LogP contribution in [0.4, 0.5) is 5.13 Å². The lowest BCUT2D eigenvalue weighted by Crippen LogP contribution is -2.20. The van der Waals surface area contributed by atoms with Gasteiger partial charge in [-0.05, 0) is 30.0 Å². The first-order chi connectivity index (χ1) is 14.0. The number of carbonyl (C=O) groups excluding carboxylic acids is 1. The number of anilines is 1. The molecule has 2 aromatic heterocycles. The maximum Gasteiger partial charge on any atom is 0.349 e. The van der Waals surface area contributed by atoms with Crippen molar-refractivity contribution in [3.05, 3.63) is 81.5 Å². The van der Waals surface area contributed by atoms with Crippen LogP contribution in [-0.4, -0.2) is 10.9 Å². The number of carbonyl (C=O) groups is 1. The topological polar surface area (TPSA) is 72.2 Å². The van der Waals surface area contributed by atoms with E-state index in [1.54, 1.807) is 24.3 Å². The standard InChI is InChI=1S/C23H20N2O3S/c1-3-14(2)15-8-10-16(11-9-15)19-13-29-23(24-19)25-21(26)18-12-17-6-4-5-7-20(17)28-22(18)27/h4-14H,3H2,1-2H3,(H,24,25,26). The quantitative estimate of drug-likeness (QED) is 0.434. The smallest absolute Gasteiger partial charge is 0.349 e. The number of para-hydroxylation sites is 1. The first kappa shape index (κ1) is 19.1. The Hall–Kier alpha value is -3.25. The van der Waals surface area contributed by atoms with Gasteiger partial charge in [-0.25, -0.2) is 9.78 Å². The van der Waals surface area contributed by atoms with Crippen molar-refractivity contribution < 1.29 is 9.21 Å². The van der Waals surface area contributed by atoms with Gasteiger partial charge in [0.1, 0.15) is 11.1 Å². The molecule has 1 N–H and O–H groups in total. The van der Waals surface area contributed by atoms with Crippen LogP contribution in [0.15, 0.2) is 69.2 Å². The van der Waals surface area contributed by atoms with E-state index in [4.69, 9.17) is 4.42 Å². The van der Waals surface area contributed by atoms with E-state index in [2.05, 4.69) is 36.3 Å². The minimum atomic E-state index is -0.668. The van der Waals surface area contributed by atoms with Gasteiger partial charge in [-0.2, -0.15) is 0 Å². The molecular weight excluding hydrogens is 384 g/mol. The molecular formula is C23H20N2O3S. The Morgan fingerprint density at radius 2 is 1.93 bits per heavy atom. The lowest BCUT2D eigenvalue weighted by molar-refractivity contribution is 0.102. The zero-order valence-electron chi connectivity index (χ0n) is 16.1. The van der Waals surface area contributed by atoms with E-state index in [-0.39, 0.29) is 5.56 Å². The third kappa shape index (κ3) is 3.98. The number of nitrogens with zero attached hydrogens (tertiary/aromatic N) is 1. The van der Waals surface area contributed by atoms with Crippen LogP contribution in [0.3, 0.4) is 0 Å². The van der Waals surface area contributed by atoms with Crippen molar-refractivity contribution in [2.24, 2.45) is 0 Å². The molecule has 0 aliphatic carbocycles. The largest absolute Gasteiger partial charge is 0.422 e. The van der Waals surface area contributed by atoms with Crippen LogP contribution in [0.2, 0.25) is 0 Å². The number of aromatic nitrogens is 1. The Morgan fingerprint density at radius 3 is 2.69 bits per heavy atom. The second-order valence-corrected chi connectivity index (χ2v) is 7.77. The SMILES string of the molecule is CCC(C)c1ccc(-c2csc(NC(=O)c3cc4ccccc4oc3=O)n2)cc1. The van der Waals surface area contributed by atoms with Gasteiger partial charge in [0.05, 0.1) is 5.69 Å². The zero-order valence-corrected chi connectivity index (χ0v) is 17.0. The van der Waals surface area contributed by atoms with Crippen LogP contribution in [0.5, 0.6) is 0 Å². The van der Waals surface area contributed by atoms with Crippen LogP contribution in [0.1, 0.15) is 42.1 Å². The molecule has 1 unspecified atom stereocenters. The van der Waals surface area contributed by atoms with Gasteiger partial charge >= 0.3 is 5.63 Å². The summed E-state index contributed by atoms with van der Waals surface area (Å²) in [6, 6.07) is 16.9. The van der Waals surface area contributed by atoms with Crippen molar-refractivity contribution in [2.45, 2.75) is 26.2 Å². The average Bonchev–Trinajstić information content (AvgIpc) is 3.21. The van der Waals surface area contributed by atoms with Crippen molar-refractivity contribution in [1.82, 2.24) is 4.98 Å². The molecule has 0 saturated carbocycles. The number of nitrogens with one attached hydrogen (secondary N) is 1. The fourth-order valence-corrected chi connectivity index (χ4v) is 3.78. The first-order valence-corrected chi connectivity index (χ1v) is 10.3. The Balaban J connectivity index is 1.54. The number of hydrogen-bond acceptors (Lipinski definition) is 5. The van der Waals surface area contributed by atoms with E-state index >= 15 is 0 Å². The first-order valence-electron chi connectivity index (χ1n) is 9.45. The molecule has 0 aliphatic heterocycles. The highest BCUT2D eigenvalue weighted by molar-refractivity contribution is 7.14. The molecule has 2 heterocycles. The lowest BCUT2D eigenvalue weighted by Gasteiger charge is -2.08. The normalized spacial score (nSPS) is 12.1. The number of thiazole rings is 1. The van der Waals surface area contributed by atoms with Crippen molar-refractivity contribution in [2.75, 3.05) is 5.32 Å². The molecule has 4 aromatic rings. The maximum atomic E-state index is 12.6. The van der Waals surface area contributed by atoms with Crippen LogP contribution >= 0.6 is 11.3 Å². The van der Waals surface area contributed by atoms with Gasteiger partial charge in [0.25, 0.3) is 5.91 Å². The third-order valence-corrected chi connectivity index (χ3v) is 5.76. The molecule has 146 valence electrons. The Bertz CT molecular complexity index is 1220. The average molecular weight is 404 g/mol. The molecule has 2 aromatic carbocycles. The van der Waals surface area contributed by atoms with Crippen LogP contribution in [0, 0.1) is 0 Å². The Kier molecular flexibility index (Phi) is 5.27. The van der Waals surface area contributed by atoms with Crippen molar-refractivity contribution in [3.8, 4) is 11.3 Å². The van der Waals surface area contributed by atoms with Crippen molar-refractivity contribution >= 4 is 33.3 Å². The minimum Gasteiger partial charge on any atom is -0.422 e. The lowest BCUT2D eigenvalue weighted by atomic mass is 9.97. The van der Waals surface area contributed by atoms with Gasteiger partial charge < -0.3 is 4.42 Å². The molecule has 0 aliphatic rings. The van der Waals surface area contributed by atoms with E-state index in [1.807, 2.05) is 23.6 Å². The second-order valence-electron chi connectivity index (χ2n) is 6.91. The maximum absolute atomic E-state index is 12.6. The zero-order chi connectivity index (χ0) is 20.4. The molecule has 0 radical (unpaired) electrons. The summed E-state index contributed by atoms with van der Waals surface area (Å²) in [6.45, 7) is 4.37. The summed E-state index contributed by atoms with van der Waals surface area (Å²) in [5.41, 5.74) is 2.80. The predicted octanol–water partition coefficient (Wildman–Crippen LogP) is 5.68. The van der Waals surface area contributed by atoms with Gasteiger partial charge in [0, 0.05) is 16.3 Å². The fraction of sp³-hybridized carbons (Fsp3) is 0.174. The van der Waals surface area contributed by atoms with Crippen LogP contribution < -0.4 is 10.9 Å². The summed E-state index contributed by atoms with van der Waals surface area (Å²) in [6.07, 6.45) is 1.09. The summed E-state index contributed by atoms with van der Waals surface area (Å²) in [7, 11) is 0. The van der Waals surface area contributed by atoms with E-state index in [0.29, 0.717) is 22.0 Å². The van der Waals surface area contributed by atoms with Crippen molar-refractivity contribution in [3.63, 3.8) is 0 Å². The third-order valence-electron chi connectivity index (χ3n) is 5.00. The molecule has 4 rings (SSSR count). The molecule has 0 spiro atoms. The molecule has 6 heteroatoms. The number of hydrogen-bond donors (Lipinski definition) is 1. The monoisotopic (exact) mass is 404 g/mol. The predicted molar refractivity (Wildman–Crippen MR) is 117 cm³/mol. The molecule has 1 amide bonds. The summed E-state index contributed by atoms with van der Waals surface area (Å²) in [4.78, 5) is 29.2. The Labute approximate surface area is 172 Å². The summed E-state index contributed by atoms with van der Waals surface area (Å²) in [5, 5.41) is 5.71. The molecule has 29 heavy (non-hydrogen) atoms. The molecule has 5 nitrogen and oxygen atoms in total. The van der Waals surface area contributed by atoms with Crippen molar-refractivity contribution in [1.29, 1.82) is 0 Å². The van der Waals surface area contributed by atoms with E-state index in [0.717, 1.165) is 17.7 Å². The highest BCUT2D eigenvalue weighted by Crippen LogP contribution is 2.27. The molecule has 0 saturated heterocycles. The van der Waals surface area contributed by atoms with E-state index < -0.39 is 11.5 Å². The van der Waals surface area contributed by atoms with Gasteiger partial charge in [0.15, 0.2) is 5.13 Å². The van der Waals surface area contributed by atoms with Crippen LogP contribution in [0.25, 0.3) is 22.2 Å². The number of amides is 1. The second kappa shape index (κ2) is 8.01.